The van der Waals surface area contributed by atoms with E-state index in [0.29, 0.717) is 42.9 Å². The van der Waals surface area contributed by atoms with E-state index in [0.717, 1.165) is 0 Å². The lowest BCUT2D eigenvalue weighted by Crippen LogP contribution is -2.52. The first-order valence-electron chi connectivity index (χ1n) is 6.81. The molecule has 0 aliphatic carbocycles. The molecule has 2 rings (SSSR count). The number of carbonyl (C=O) groups is 2. The SMILES string of the molecule is CN(C)CC(=O)N1CCN(C(=O)c2ncccc2Br)CC1. The Morgan fingerprint density at radius 3 is 2.43 bits per heavy atom. The van der Waals surface area contributed by atoms with Gasteiger partial charge in [-0.3, -0.25) is 9.59 Å². The Labute approximate surface area is 132 Å². The third kappa shape index (κ3) is 4.01. The molecule has 0 saturated carbocycles. The lowest BCUT2D eigenvalue weighted by Gasteiger charge is -2.35. The predicted molar refractivity (Wildman–Crippen MR) is 83.0 cm³/mol. The summed E-state index contributed by atoms with van der Waals surface area (Å²) in [5, 5.41) is 0. The highest BCUT2D eigenvalue weighted by molar-refractivity contribution is 9.10. The molecule has 0 N–H and O–H groups in total. The van der Waals surface area contributed by atoms with E-state index < -0.39 is 0 Å². The largest absolute Gasteiger partial charge is 0.338 e. The second-order valence-electron chi connectivity index (χ2n) is 5.24. The number of amides is 2. The highest BCUT2D eigenvalue weighted by Gasteiger charge is 2.26. The predicted octanol–water partition coefficient (Wildman–Crippen LogP) is 0.690. The van der Waals surface area contributed by atoms with E-state index in [2.05, 4.69) is 20.9 Å². The van der Waals surface area contributed by atoms with Crippen molar-refractivity contribution in [3.8, 4) is 0 Å². The Bertz CT molecular complexity index is 527. The fraction of sp³-hybridized carbons (Fsp3) is 0.500. The molecule has 0 bridgehead atoms. The molecule has 1 aromatic heterocycles. The smallest absolute Gasteiger partial charge is 0.273 e. The number of aromatic nitrogens is 1. The van der Waals surface area contributed by atoms with Crippen LogP contribution in [0.4, 0.5) is 0 Å². The number of hydrogen-bond donors (Lipinski definition) is 0. The lowest BCUT2D eigenvalue weighted by molar-refractivity contribution is -0.133. The number of hydrogen-bond acceptors (Lipinski definition) is 4. The molecule has 21 heavy (non-hydrogen) atoms. The van der Waals surface area contributed by atoms with Crippen LogP contribution in [-0.2, 0) is 4.79 Å². The minimum absolute atomic E-state index is 0.0952. The monoisotopic (exact) mass is 354 g/mol. The van der Waals surface area contributed by atoms with E-state index in [-0.39, 0.29) is 11.8 Å². The van der Waals surface area contributed by atoms with Gasteiger partial charge in [-0.05, 0) is 42.2 Å². The van der Waals surface area contributed by atoms with E-state index in [9.17, 15) is 9.59 Å². The summed E-state index contributed by atoms with van der Waals surface area (Å²) in [6, 6.07) is 3.58. The second-order valence-corrected chi connectivity index (χ2v) is 6.10. The molecule has 2 amide bonds. The summed E-state index contributed by atoms with van der Waals surface area (Å²) in [6.45, 7) is 2.63. The first-order valence-corrected chi connectivity index (χ1v) is 7.60. The van der Waals surface area contributed by atoms with Crippen molar-refractivity contribution in [1.29, 1.82) is 0 Å². The molecule has 1 aliphatic rings. The third-order valence-electron chi connectivity index (χ3n) is 3.33. The number of halogens is 1. The molecule has 1 aromatic rings. The zero-order chi connectivity index (χ0) is 15.4. The van der Waals surface area contributed by atoms with Crippen molar-refractivity contribution in [3.05, 3.63) is 28.5 Å². The molecule has 6 nitrogen and oxygen atoms in total. The summed E-state index contributed by atoms with van der Waals surface area (Å²) in [4.78, 5) is 33.9. The van der Waals surface area contributed by atoms with Gasteiger partial charge in [0.1, 0.15) is 5.69 Å². The molecule has 7 heteroatoms. The highest BCUT2D eigenvalue weighted by Crippen LogP contribution is 2.16. The first kappa shape index (κ1) is 15.9. The van der Waals surface area contributed by atoms with Gasteiger partial charge in [0, 0.05) is 36.8 Å². The van der Waals surface area contributed by atoms with E-state index in [1.165, 1.54) is 0 Å². The van der Waals surface area contributed by atoms with E-state index in [4.69, 9.17) is 0 Å². The topological polar surface area (TPSA) is 56.8 Å². The van der Waals surface area contributed by atoms with Gasteiger partial charge in [0.15, 0.2) is 0 Å². The van der Waals surface area contributed by atoms with Crippen LogP contribution in [-0.4, -0.2) is 78.3 Å². The molecular formula is C14H19BrN4O2. The van der Waals surface area contributed by atoms with Gasteiger partial charge in [-0.1, -0.05) is 0 Å². The quantitative estimate of drug-likeness (QED) is 0.801. The van der Waals surface area contributed by atoms with Gasteiger partial charge >= 0.3 is 0 Å². The van der Waals surface area contributed by atoms with E-state index >= 15 is 0 Å². The number of rotatable bonds is 3. The van der Waals surface area contributed by atoms with Crippen molar-refractivity contribution in [2.45, 2.75) is 0 Å². The minimum Gasteiger partial charge on any atom is -0.338 e. The lowest BCUT2D eigenvalue weighted by atomic mass is 10.2. The fourth-order valence-electron chi connectivity index (χ4n) is 2.22. The van der Waals surface area contributed by atoms with Crippen molar-refractivity contribution >= 4 is 27.7 Å². The Balaban J connectivity index is 1.94. The van der Waals surface area contributed by atoms with Crippen LogP contribution in [0, 0.1) is 0 Å². The first-order chi connectivity index (χ1) is 9.99. The van der Waals surface area contributed by atoms with Gasteiger partial charge in [0.25, 0.3) is 5.91 Å². The van der Waals surface area contributed by atoms with E-state index in [1.807, 2.05) is 19.0 Å². The van der Waals surface area contributed by atoms with E-state index in [1.54, 1.807) is 28.1 Å². The van der Waals surface area contributed by atoms with Crippen molar-refractivity contribution in [3.63, 3.8) is 0 Å². The summed E-state index contributed by atoms with van der Waals surface area (Å²) in [6.07, 6.45) is 1.61. The molecule has 0 radical (unpaired) electrons. The van der Waals surface area contributed by atoms with Gasteiger partial charge in [-0.2, -0.15) is 0 Å². The number of piperazine rings is 1. The van der Waals surface area contributed by atoms with Crippen LogP contribution in [0.2, 0.25) is 0 Å². The summed E-state index contributed by atoms with van der Waals surface area (Å²) < 4.78 is 0.695. The number of carbonyl (C=O) groups excluding carboxylic acids is 2. The Kier molecular flexibility index (Phi) is 5.30. The number of pyridine rings is 1. The zero-order valence-corrected chi connectivity index (χ0v) is 13.8. The Morgan fingerprint density at radius 1 is 1.24 bits per heavy atom. The van der Waals surface area contributed by atoms with Crippen LogP contribution in [0.1, 0.15) is 10.5 Å². The normalized spacial score (nSPS) is 15.4. The highest BCUT2D eigenvalue weighted by atomic mass is 79.9. The summed E-state index contributed by atoms with van der Waals surface area (Å²) in [7, 11) is 3.74. The molecule has 1 saturated heterocycles. The van der Waals surface area contributed by atoms with Crippen LogP contribution in [0.3, 0.4) is 0 Å². The zero-order valence-electron chi connectivity index (χ0n) is 12.3. The maximum atomic E-state index is 12.4. The number of likely N-dealkylation sites (N-methyl/N-ethyl adjacent to an activating group) is 1. The van der Waals surface area contributed by atoms with Gasteiger partial charge in [-0.15, -0.1) is 0 Å². The molecule has 0 unspecified atom stereocenters. The standard InChI is InChI=1S/C14H19BrN4O2/c1-17(2)10-12(20)18-6-8-19(9-7-18)14(21)13-11(15)4-3-5-16-13/h3-5H,6-10H2,1-2H3. The molecule has 114 valence electrons. The molecule has 0 aromatic carbocycles. The average molecular weight is 355 g/mol. The van der Waals surface area contributed by atoms with Crippen molar-refractivity contribution in [2.75, 3.05) is 46.8 Å². The van der Waals surface area contributed by atoms with Gasteiger partial charge in [0.2, 0.25) is 5.91 Å². The minimum atomic E-state index is -0.0952. The maximum Gasteiger partial charge on any atom is 0.273 e. The van der Waals surface area contributed by atoms with Crippen LogP contribution >= 0.6 is 15.9 Å². The molecular weight excluding hydrogens is 336 g/mol. The Morgan fingerprint density at radius 2 is 1.86 bits per heavy atom. The third-order valence-corrected chi connectivity index (χ3v) is 3.97. The molecule has 2 heterocycles. The van der Waals surface area contributed by atoms with Gasteiger partial charge < -0.3 is 14.7 Å². The van der Waals surface area contributed by atoms with Gasteiger partial charge in [0.05, 0.1) is 6.54 Å². The molecule has 0 spiro atoms. The molecule has 0 atom stereocenters. The summed E-state index contributed by atoms with van der Waals surface area (Å²) in [5.74, 6) is 0.00768. The summed E-state index contributed by atoms with van der Waals surface area (Å²) in [5.41, 5.74) is 0.422. The van der Waals surface area contributed by atoms with Crippen LogP contribution in [0.5, 0.6) is 0 Å². The average Bonchev–Trinajstić information content (AvgIpc) is 2.46. The Hall–Kier alpha value is -1.47. The fourth-order valence-corrected chi connectivity index (χ4v) is 2.65. The van der Waals surface area contributed by atoms with Crippen LogP contribution in [0.25, 0.3) is 0 Å². The molecule has 1 aliphatic heterocycles. The summed E-state index contributed by atoms with van der Waals surface area (Å²) >= 11 is 3.35. The van der Waals surface area contributed by atoms with Crippen molar-refractivity contribution in [1.82, 2.24) is 19.7 Å². The maximum absolute atomic E-state index is 12.4. The van der Waals surface area contributed by atoms with Crippen LogP contribution < -0.4 is 0 Å². The second kappa shape index (κ2) is 7.00. The van der Waals surface area contributed by atoms with Crippen LogP contribution in [0.15, 0.2) is 22.8 Å². The van der Waals surface area contributed by atoms with Gasteiger partial charge in [-0.25, -0.2) is 4.98 Å². The van der Waals surface area contributed by atoms with Crippen molar-refractivity contribution in [2.24, 2.45) is 0 Å². The number of nitrogens with zero attached hydrogens (tertiary/aromatic N) is 4. The van der Waals surface area contributed by atoms with Crippen molar-refractivity contribution < 1.29 is 9.59 Å². The molecule has 1 fully saturated rings.